The van der Waals surface area contributed by atoms with Crippen molar-refractivity contribution in [2.75, 3.05) is 7.11 Å². The monoisotopic (exact) mass is 474 g/mol. The summed E-state index contributed by atoms with van der Waals surface area (Å²) in [4.78, 5) is 38.7. The molecule has 0 aliphatic rings. The molecule has 0 spiro atoms. The molecule has 6 nitrogen and oxygen atoms in total. The van der Waals surface area contributed by atoms with Crippen LogP contribution in [0.5, 0.6) is 0 Å². The van der Waals surface area contributed by atoms with Gasteiger partial charge in [0.25, 0.3) is 0 Å². The Bertz CT molecular complexity index is 1070. The number of nitrogens with zero attached hydrogens (tertiary/aromatic N) is 1. The number of fused-ring (bicyclic) bond motifs is 1. The molecule has 0 saturated carbocycles. The first-order valence-corrected chi connectivity index (χ1v) is 11.6. The average Bonchev–Trinajstić information content (AvgIpc) is 3.11. The summed E-state index contributed by atoms with van der Waals surface area (Å²) in [6.45, 7) is 3.85. The zero-order valence-electron chi connectivity index (χ0n) is 17.3. The molecular formula is C23H26N2O4Se. The van der Waals surface area contributed by atoms with Gasteiger partial charge in [0.15, 0.2) is 0 Å². The van der Waals surface area contributed by atoms with Crippen LogP contribution in [0.25, 0.3) is 9.65 Å². The van der Waals surface area contributed by atoms with Crippen LogP contribution >= 0.6 is 0 Å². The van der Waals surface area contributed by atoms with Gasteiger partial charge in [0.1, 0.15) is 0 Å². The molecule has 2 aromatic carbocycles. The molecule has 0 fully saturated rings. The van der Waals surface area contributed by atoms with Crippen molar-refractivity contribution in [1.29, 1.82) is 0 Å². The fourth-order valence-corrected chi connectivity index (χ4v) is 5.63. The number of carbonyl (C=O) groups is 2. The van der Waals surface area contributed by atoms with E-state index in [0.29, 0.717) is 18.2 Å². The van der Waals surface area contributed by atoms with Crippen molar-refractivity contribution in [1.82, 2.24) is 8.88 Å². The second-order valence-electron chi connectivity index (χ2n) is 7.32. The third kappa shape index (κ3) is 4.74. The van der Waals surface area contributed by atoms with E-state index in [4.69, 9.17) is 4.74 Å². The normalized spacial score (nSPS) is 14.1. The Morgan fingerprint density at radius 1 is 1.10 bits per heavy atom. The van der Waals surface area contributed by atoms with E-state index in [9.17, 15) is 14.4 Å². The molecule has 1 aromatic heterocycles. The first-order chi connectivity index (χ1) is 14.5. The van der Waals surface area contributed by atoms with Gasteiger partial charge in [-0.2, -0.15) is 0 Å². The molecule has 0 saturated heterocycles. The number of aromatic nitrogens is 1. The Hall–Kier alpha value is -2.63. The van der Waals surface area contributed by atoms with Crippen molar-refractivity contribution in [3.63, 3.8) is 0 Å². The Morgan fingerprint density at radius 3 is 2.40 bits per heavy atom. The van der Waals surface area contributed by atoms with Gasteiger partial charge < -0.3 is 0 Å². The van der Waals surface area contributed by atoms with Gasteiger partial charge in [-0.25, -0.2) is 0 Å². The number of nitrogens with one attached hydrogen (secondary N) is 1. The molecule has 0 aliphatic carbocycles. The Morgan fingerprint density at radius 2 is 1.77 bits per heavy atom. The third-order valence-corrected chi connectivity index (χ3v) is 7.79. The summed E-state index contributed by atoms with van der Waals surface area (Å²) in [5, 5.41) is 3.51. The van der Waals surface area contributed by atoms with Crippen LogP contribution in [0.4, 0.5) is 0 Å². The summed E-state index contributed by atoms with van der Waals surface area (Å²) in [6.07, 6.45) is 1.09. The summed E-state index contributed by atoms with van der Waals surface area (Å²) in [7, 11) is 1.31. The van der Waals surface area contributed by atoms with Crippen molar-refractivity contribution >= 4 is 36.3 Å². The van der Waals surface area contributed by atoms with E-state index in [0.717, 1.165) is 9.82 Å². The summed E-state index contributed by atoms with van der Waals surface area (Å²) in [5.74, 6) is -0.897. The second kappa shape index (κ2) is 9.92. The molecule has 0 unspecified atom stereocenters. The number of hydrogen-bond donors (Lipinski definition) is 1. The van der Waals surface area contributed by atoms with Crippen molar-refractivity contribution < 1.29 is 14.3 Å². The molecule has 1 amide bonds. The summed E-state index contributed by atoms with van der Waals surface area (Å²) >= 11 is -0.304. The maximum absolute atomic E-state index is 13.4. The molecule has 30 heavy (non-hydrogen) atoms. The van der Waals surface area contributed by atoms with Gasteiger partial charge >= 0.3 is 182 Å². The predicted molar refractivity (Wildman–Crippen MR) is 118 cm³/mol. The van der Waals surface area contributed by atoms with Crippen LogP contribution in [-0.4, -0.2) is 43.3 Å². The quantitative estimate of drug-likeness (QED) is 0.403. The van der Waals surface area contributed by atoms with Gasteiger partial charge in [-0.1, -0.05) is 0 Å². The van der Waals surface area contributed by atoms with Gasteiger partial charge in [0.2, 0.25) is 0 Å². The van der Waals surface area contributed by atoms with E-state index < -0.39 is 18.1 Å². The minimum atomic E-state index is -0.752. The maximum atomic E-state index is 13.4. The first kappa shape index (κ1) is 22.1. The third-order valence-electron chi connectivity index (χ3n) is 5.34. The van der Waals surface area contributed by atoms with Gasteiger partial charge in [-0.15, -0.1) is 0 Å². The molecule has 1 heterocycles. The summed E-state index contributed by atoms with van der Waals surface area (Å²) < 4.78 is 7.52. The summed E-state index contributed by atoms with van der Waals surface area (Å²) in [5.41, 5.74) is 0.815. The number of amides is 1. The van der Waals surface area contributed by atoms with Crippen molar-refractivity contribution in [2.45, 2.75) is 38.8 Å². The molecule has 158 valence electrons. The molecule has 3 rings (SSSR count). The molecular weight excluding hydrogens is 447 g/mol. The van der Waals surface area contributed by atoms with E-state index in [2.05, 4.69) is 5.32 Å². The predicted octanol–water partition coefficient (Wildman–Crippen LogP) is 2.55. The number of hydrogen-bond acceptors (Lipinski definition) is 4. The van der Waals surface area contributed by atoms with E-state index in [1.807, 2.05) is 62.4 Å². The fourth-order valence-electron chi connectivity index (χ4n) is 3.36. The minimum absolute atomic E-state index is 0.0873. The van der Waals surface area contributed by atoms with E-state index in [1.54, 1.807) is 9.63 Å². The van der Waals surface area contributed by atoms with Gasteiger partial charge in [-0.3, -0.25) is 0 Å². The number of esters is 1. The van der Waals surface area contributed by atoms with Gasteiger partial charge in [0.05, 0.1) is 0 Å². The van der Waals surface area contributed by atoms with Crippen LogP contribution < -0.4 is 10.9 Å². The van der Waals surface area contributed by atoms with Gasteiger partial charge in [0, 0.05) is 0 Å². The summed E-state index contributed by atoms with van der Waals surface area (Å²) in [6, 6.07) is 15.6. The fraction of sp³-hybridized carbons (Fsp3) is 0.348. The van der Waals surface area contributed by atoms with Crippen LogP contribution in [0.1, 0.15) is 31.9 Å². The standard InChI is InChI=1S/C23H26N2O4Se/c1-4-15(2)20(23(28)29-3)24-21(26)18(14-16-10-6-5-7-11-16)25-22(27)17-12-8-9-13-19(17)30-25/h5-13,15,18,20H,4,14H2,1-3H3,(H,24,26)/t15-,18-,20-/m0/s1. The van der Waals surface area contributed by atoms with Crippen LogP contribution in [0.15, 0.2) is 59.4 Å². The van der Waals surface area contributed by atoms with Crippen molar-refractivity contribution in [3.8, 4) is 0 Å². The van der Waals surface area contributed by atoms with E-state index in [1.165, 1.54) is 7.11 Å². The molecule has 0 aliphatic heterocycles. The Kier molecular flexibility index (Phi) is 7.29. The number of ether oxygens (including phenoxy) is 1. The zero-order valence-corrected chi connectivity index (χ0v) is 19.0. The van der Waals surface area contributed by atoms with Crippen molar-refractivity contribution in [2.24, 2.45) is 5.92 Å². The van der Waals surface area contributed by atoms with E-state index >= 15 is 0 Å². The second-order valence-corrected chi connectivity index (χ2v) is 9.45. The molecule has 1 N–H and O–H groups in total. The van der Waals surface area contributed by atoms with Crippen LogP contribution in [0, 0.1) is 5.92 Å². The molecule has 0 bridgehead atoms. The van der Waals surface area contributed by atoms with Crippen molar-refractivity contribution in [3.05, 3.63) is 70.5 Å². The number of carbonyl (C=O) groups excluding carboxylic acids is 2. The van der Waals surface area contributed by atoms with Gasteiger partial charge in [-0.05, 0) is 0 Å². The number of rotatable bonds is 8. The van der Waals surface area contributed by atoms with E-state index in [-0.39, 0.29) is 32.1 Å². The molecule has 3 aromatic rings. The van der Waals surface area contributed by atoms with Crippen LogP contribution in [0.2, 0.25) is 0 Å². The number of methoxy groups -OCH3 is 1. The average molecular weight is 473 g/mol. The first-order valence-electron chi connectivity index (χ1n) is 9.99. The molecule has 0 radical (unpaired) electrons. The molecule has 3 atom stereocenters. The zero-order chi connectivity index (χ0) is 21.7. The SMILES string of the molecule is CC[C@H](C)[C@H](NC(=O)[C@H](Cc1ccccc1)n1[se]c2ccccc2c1=O)C(=O)OC. The topological polar surface area (TPSA) is 77.4 Å². The number of benzene rings is 2. The Labute approximate surface area is 181 Å². The molecule has 7 heteroatoms. The van der Waals surface area contributed by atoms with Crippen LogP contribution in [0.3, 0.4) is 0 Å². The van der Waals surface area contributed by atoms with Crippen LogP contribution in [-0.2, 0) is 20.7 Å². The Balaban J connectivity index is 2.00.